The van der Waals surface area contributed by atoms with Crippen LogP contribution in [0.25, 0.3) is 76.8 Å². The SMILES string of the molecule is c1ccc(-n2c3ccccc3c3cc4c(cc32)[nH]c2ccc3c5ccccc5n(-c5ccccc5)c3c24)cc1. The first kappa shape index (κ1) is 20.7. The molecule has 1 N–H and O–H groups in total. The Labute approximate surface area is 224 Å². The predicted octanol–water partition coefficient (Wildman–Crippen LogP) is 9.52. The van der Waals surface area contributed by atoms with Gasteiger partial charge in [0.15, 0.2) is 0 Å². The normalized spacial score (nSPS) is 12.1. The molecule has 0 fully saturated rings. The summed E-state index contributed by atoms with van der Waals surface area (Å²) in [4.78, 5) is 3.78. The predicted molar refractivity (Wildman–Crippen MR) is 164 cm³/mol. The molecule has 182 valence electrons. The van der Waals surface area contributed by atoms with Crippen LogP contribution < -0.4 is 0 Å². The van der Waals surface area contributed by atoms with Gasteiger partial charge in [0.1, 0.15) is 0 Å². The fourth-order valence-electron chi connectivity index (χ4n) is 6.61. The fraction of sp³-hybridized carbons (Fsp3) is 0. The van der Waals surface area contributed by atoms with E-state index in [4.69, 9.17) is 0 Å². The summed E-state index contributed by atoms with van der Waals surface area (Å²) in [6.45, 7) is 0. The van der Waals surface area contributed by atoms with Gasteiger partial charge in [-0.05, 0) is 54.6 Å². The number of rotatable bonds is 2. The molecule has 0 atom stereocenters. The van der Waals surface area contributed by atoms with Crippen LogP contribution in [0, 0.1) is 0 Å². The van der Waals surface area contributed by atoms with E-state index in [1.807, 2.05) is 0 Å². The van der Waals surface area contributed by atoms with Gasteiger partial charge in [0.05, 0.1) is 22.1 Å². The van der Waals surface area contributed by atoms with Crippen molar-refractivity contribution in [1.29, 1.82) is 0 Å². The zero-order chi connectivity index (χ0) is 25.5. The van der Waals surface area contributed by atoms with E-state index in [2.05, 4.69) is 148 Å². The molecule has 0 bridgehead atoms. The number of para-hydroxylation sites is 4. The molecule has 0 spiro atoms. The summed E-state index contributed by atoms with van der Waals surface area (Å²) in [5, 5.41) is 7.59. The second-order valence-corrected chi connectivity index (χ2v) is 10.3. The topological polar surface area (TPSA) is 25.6 Å². The molecule has 0 radical (unpaired) electrons. The van der Waals surface area contributed by atoms with Crippen molar-refractivity contribution >= 4 is 65.4 Å². The maximum absolute atomic E-state index is 3.78. The number of benzene rings is 6. The second kappa shape index (κ2) is 7.62. The number of H-pyrrole nitrogens is 1. The van der Waals surface area contributed by atoms with Crippen molar-refractivity contribution in [2.75, 3.05) is 0 Å². The highest BCUT2D eigenvalue weighted by molar-refractivity contribution is 6.27. The molecular weight excluding hydrogens is 474 g/mol. The third-order valence-corrected chi connectivity index (χ3v) is 8.22. The van der Waals surface area contributed by atoms with Crippen LogP contribution in [-0.2, 0) is 0 Å². The summed E-state index contributed by atoms with van der Waals surface area (Å²) in [6.07, 6.45) is 0. The molecule has 3 nitrogen and oxygen atoms in total. The minimum Gasteiger partial charge on any atom is -0.354 e. The van der Waals surface area contributed by atoms with Gasteiger partial charge < -0.3 is 14.1 Å². The summed E-state index contributed by atoms with van der Waals surface area (Å²) < 4.78 is 4.81. The number of fused-ring (bicyclic) bond motifs is 10. The maximum Gasteiger partial charge on any atom is 0.0641 e. The number of aromatic amines is 1. The van der Waals surface area contributed by atoms with Gasteiger partial charge in [-0.3, -0.25) is 0 Å². The Bertz CT molecular complexity index is 2370. The van der Waals surface area contributed by atoms with E-state index in [-0.39, 0.29) is 0 Å². The monoisotopic (exact) mass is 497 g/mol. The molecule has 0 amide bonds. The lowest BCUT2D eigenvalue weighted by Gasteiger charge is -2.09. The van der Waals surface area contributed by atoms with Gasteiger partial charge in [0, 0.05) is 54.7 Å². The highest BCUT2D eigenvalue weighted by atomic mass is 15.0. The largest absolute Gasteiger partial charge is 0.354 e. The summed E-state index contributed by atoms with van der Waals surface area (Å²) >= 11 is 0. The van der Waals surface area contributed by atoms with Crippen molar-refractivity contribution in [2.24, 2.45) is 0 Å². The zero-order valence-corrected chi connectivity index (χ0v) is 21.1. The van der Waals surface area contributed by atoms with Gasteiger partial charge in [-0.1, -0.05) is 78.9 Å². The number of nitrogens with zero attached hydrogens (tertiary/aromatic N) is 2. The lowest BCUT2D eigenvalue weighted by Crippen LogP contribution is -1.93. The Morgan fingerprint density at radius 1 is 0.385 bits per heavy atom. The van der Waals surface area contributed by atoms with Crippen LogP contribution >= 0.6 is 0 Å². The van der Waals surface area contributed by atoms with Crippen LogP contribution in [0.4, 0.5) is 0 Å². The average molecular weight is 498 g/mol. The Balaban J connectivity index is 1.49. The third-order valence-electron chi connectivity index (χ3n) is 8.22. The van der Waals surface area contributed by atoms with E-state index in [0.717, 1.165) is 11.0 Å². The molecule has 0 saturated carbocycles. The summed E-state index contributed by atoms with van der Waals surface area (Å²) in [7, 11) is 0. The zero-order valence-electron chi connectivity index (χ0n) is 21.1. The molecule has 0 saturated heterocycles. The number of hydrogen-bond donors (Lipinski definition) is 1. The lowest BCUT2D eigenvalue weighted by molar-refractivity contribution is 1.18. The van der Waals surface area contributed by atoms with Crippen molar-refractivity contribution in [3.8, 4) is 11.4 Å². The molecule has 0 aliphatic rings. The Kier molecular flexibility index (Phi) is 4.05. The van der Waals surface area contributed by atoms with Crippen molar-refractivity contribution < 1.29 is 0 Å². The van der Waals surface area contributed by atoms with Crippen molar-refractivity contribution in [3.63, 3.8) is 0 Å². The van der Waals surface area contributed by atoms with E-state index in [1.165, 1.54) is 65.8 Å². The van der Waals surface area contributed by atoms with Crippen molar-refractivity contribution in [3.05, 3.63) is 133 Å². The molecule has 39 heavy (non-hydrogen) atoms. The molecule has 9 aromatic rings. The summed E-state index contributed by atoms with van der Waals surface area (Å²) in [6, 6.07) is 48.1. The maximum atomic E-state index is 3.78. The van der Waals surface area contributed by atoms with Crippen molar-refractivity contribution in [1.82, 2.24) is 14.1 Å². The Morgan fingerprint density at radius 2 is 0.974 bits per heavy atom. The molecule has 0 unspecified atom stereocenters. The Morgan fingerprint density at radius 3 is 1.69 bits per heavy atom. The first-order valence-electron chi connectivity index (χ1n) is 13.4. The molecule has 3 aromatic heterocycles. The molecule has 0 aliphatic heterocycles. The minimum atomic E-state index is 1.15. The smallest absolute Gasteiger partial charge is 0.0641 e. The van der Waals surface area contributed by atoms with Gasteiger partial charge in [-0.15, -0.1) is 0 Å². The van der Waals surface area contributed by atoms with Crippen LogP contribution in [0.5, 0.6) is 0 Å². The van der Waals surface area contributed by atoms with Crippen LogP contribution in [0.2, 0.25) is 0 Å². The molecule has 9 rings (SSSR count). The first-order valence-corrected chi connectivity index (χ1v) is 13.4. The number of nitrogens with one attached hydrogen (secondary N) is 1. The van der Waals surface area contributed by atoms with E-state index in [0.29, 0.717) is 0 Å². The second-order valence-electron chi connectivity index (χ2n) is 10.3. The first-order chi connectivity index (χ1) is 19.4. The number of hydrogen-bond acceptors (Lipinski definition) is 0. The van der Waals surface area contributed by atoms with Gasteiger partial charge >= 0.3 is 0 Å². The van der Waals surface area contributed by atoms with E-state index < -0.39 is 0 Å². The fourth-order valence-corrected chi connectivity index (χ4v) is 6.61. The summed E-state index contributed by atoms with van der Waals surface area (Å²) in [5.41, 5.74) is 9.55. The van der Waals surface area contributed by atoms with E-state index in [1.54, 1.807) is 0 Å². The third kappa shape index (κ3) is 2.76. The quantitative estimate of drug-likeness (QED) is 0.246. The van der Waals surface area contributed by atoms with E-state index in [9.17, 15) is 0 Å². The number of aromatic nitrogens is 3. The Hall–Kier alpha value is -5.28. The highest BCUT2D eigenvalue weighted by Gasteiger charge is 2.20. The van der Waals surface area contributed by atoms with Crippen LogP contribution in [0.1, 0.15) is 0 Å². The molecule has 6 aromatic carbocycles. The van der Waals surface area contributed by atoms with Gasteiger partial charge in [0.25, 0.3) is 0 Å². The van der Waals surface area contributed by atoms with E-state index >= 15 is 0 Å². The van der Waals surface area contributed by atoms with Crippen LogP contribution in [0.15, 0.2) is 133 Å². The standard InChI is InChI=1S/C36H23N3/c1-3-11-23(12-4-1)38-32-17-9-8-16-26(32)28-21-29-31(22-34(28)38)37-30-20-19-27-25-15-7-10-18-33(25)39(36(27)35(29)30)24-13-5-2-6-14-24/h1-22,37H. The van der Waals surface area contributed by atoms with Crippen LogP contribution in [0.3, 0.4) is 0 Å². The van der Waals surface area contributed by atoms with Gasteiger partial charge in [0.2, 0.25) is 0 Å². The molecule has 3 heteroatoms. The molecular formula is C36H23N3. The van der Waals surface area contributed by atoms with Gasteiger partial charge in [-0.2, -0.15) is 0 Å². The highest BCUT2D eigenvalue weighted by Crippen LogP contribution is 2.42. The summed E-state index contributed by atoms with van der Waals surface area (Å²) in [5.74, 6) is 0. The van der Waals surface area contributed by atoms with Gasteiger partial charge in [-0.25, -0.2) is 0 Å². The lowest BCUT2D eigenvalue weighted by atomic mass is 10.1. The minimum absolute atomic E-state index is 1.15. The van der Waals surface area contributed by atoms with Crippen molar-refractivity contribution in [2.45, 2.75) is 0 Å². The van der Waals surface area contributed by atoms with Crippen LogP contribution in [-0.4, -0.2) is 14.1 Å². The average Bonchev–Trinajstić information content (AvgIpc) is 3.64. The molecule has 3 heterocycles. The molecule has 0 aliphatic carbocycles.